The van der Waals surface area contributed by atoms with Crippen molar-refractivity contribution in [1.29, 1.82) is 0 Å². The van der Waals surface area contributed by atoms with E-state index in [0.717, 1.165) is 6.26 Å². The zero-order chi connectivity index (χ0) is 23.4. The third-order valence-electron chi connectivity index (χ3n) is 4.27. The minimum Gasteiger partial charge on any atom is -0.494 e. The lowest BCUT2D eigenvalue weighted by Gasteiger charge is -2.14. The van der Waals surface area contributed by atoms with Crippen LogP contribution in [0.5, 0.6) is 11.5 Å². The average molecular weight is 478 g/mol. The van der Waals surface area contributed by atoms with Gasteiger partial charge in [0.25, 0.3) is 10.0 Å². The van der Waals surface area contributed by atoms with E-state index < -0.39 is 19.9 Å². The molecule has 0 radical (unpaired) electrons. The lowest BCUT2D eigenvalue weighted by Crippen LogP contribution is -2.15. The van der Waals surface area contributed by atoms with Crippen molar-refractivity contribution in [3.8, 4) is 22.8 Å². The topological polar surface area (TPSA) is 125 Å². The summed E-state index contributed by atoms with van der Waals surface area (Å²) in [6, 6.07) is 14.0. The maximum absolute atomic E-state index is 13.0. The van der Waals surface area contributed by atoms with Gasteiger partial charge in [-0.05, 0) is 50.2 Å². The fraction of sp³-hybridized carbons (Fsp3) is 0.238. The summed E-state index contributed by atoms with van der Waals surface area (Å²) in [6.07, 6.45) is 1.05. The third-order valence-corrected chi connectivity index (χ3v) is 6.65. The molecule has 2 aromatic carbocycles. The van der Waals surface area contributed by atoms with E-state index in [0.29, 0.717) is 35.9 Å². The Hall–Kier alpha value is -3.18. The average Bonchev–Trinajstić information content (AvgIpc) is 2.75. The van der Waals surface area contributed by atoms with Gasteiger partial charge < -0.3 is 9.47 Å². The zero-order valence-corrected chi connectivity index (χ0v) is 19.4. The lowest BCUT2D eigenvalue weighted by molar-refractivity contribution is 0.322. The Bertz CT molecular complexity index is 1290. The standard InChI is InChI=1S/C21H23N3O6S2/c1-4-29-17-10-12-19(30-5-2)20(14-17)32(27,28)24-16-8-6-15(7-9-16)18-11-13-21(23-22-18)31(3,25)26/h6-14,24H,4-5H2,1-3H3. The number of benzene rings is 2. The molecule has 0 bridgehead atoms. The van der Waals surface area contributed by atoms with Crippen LogP contribution in [0, 0.1) is 0 Å². The summed E-state index contributed by atoms with van der Waals surface area (Å²) in [5, 5.41) is 7.53. The van der Waals surface area contributed by atoms with Gasteiger partial charge in [-0.25, -0.2) is 16.8 Å². The van der Waals surface area contributed by atoms with Gasteiger partial charge in [0.05, 0.1) is 18.9 Å². The van der Waals surface area contributed by atoms with Crippen LogP contribution in [0.3, 0.4) is 0 Å². The third kappa shape index (κ3) is 5.54. The predicted molar refractivity (Wildman–Crippen MR) is 120 cm³/mol. The van der Waals surface area contributed by atoms with E-state index in [1.807, 2.05) is 6.92 Å². The van der Waals surface area contributed by atoms with E-state index in [-0.39, 0.29) is 15.7 Å². The fourth-order valence-corrected chi connectivity index (χ4v) is 4.54. The second-order valence-corrected chi connectivity index (χ2v) is 10.3. The monoisotopic (exact) mass is 477 g/mol. The molecule has 0 aliphatic heterocycles. The van der Waals surface area contributed by atoms with Crippen LogP contribution in [0.2, 0.25) is 0 Å². The fourth-order valence-electron chi connectivity index (χ4n) is 2.82. The highest BCUT2D eigenvalue weighted by Crippen LogP contribution is 2.30. The first kappa shape index (κ1) is 23.5. The number of aromatic nitrogens is 2. The van der Waals surface area contributed by atoms with Gasteiger partial charge >= 0.3 is 0 Å². The smallest absolute Gasteiger partial charge is 0.265 e. The molecule has 0 unspecified atom stereocenters. The number of ether oxygens (including phenoxy) is 2. The van der Waals surface area contributed by atoms with Gasteiger partial charge in [0.2, 0.25) is 0 Å². The van der Waals surface area contributed by atoms with Gasteiger partial charge in [0, 0.05) is 23.6 Å². The van der Waals surface area contributed by atoms with Crippen LogP contribution in [-0.4, -0.2) is 46.5 Å². The molecule has 9 nitrogen and oxygen atoms in total. The second-order valence-electron chi connectivity index (χ2n) is 6.69. The Morgan fingerprint density at radius 3 is 2.09 bits per heavy atom. The zero-order valence-electron chi connectivity index (χ0n) is 17.8. The second kappa shape index (κ2) is 9.53. The number of sulfonamides is 1. The van der Waals surface area contributed by atoms with Gasteiger partial charge in [-0.15, -0.1) is 10.2 Å². The number of anilines is 1. The van der Waals surface area contributed by atoms with Gasteiger partial charge in [0.1, 0.15) is 16.4 Å². The Kier molecular flexibility index (Phi) is 6.99. The molecular formula is C21H23N3O6S2. The van der Waals surface area contributed by atoms with E-state index in [1.54, 1.807) is 43.3 Å². The number of nitrogens with one attached hydrogen (secondary N) is 1. The Morgan fingerprint density at radius 1 is 0.844 bits per heavy atom. The van der Waals surface area contributed by atoms with E-state index >= 15 is 0 Å². The van der Waals surface area contributed by atoms with E-state index in [4.69, 9.17) is 9.47 Å². The molecule has 0 saturated carbocycles. The minimum absolute atomic E-state index is 0.0309. The summed E-state index contributed by atoms with van der Waals surface area (Å²) in [5.74, 6) is 0.643. The molecule has 0 aliphatic rings. The van der Waals surface area contributed by atoms with Crippen molar-refractivity contribution in [3.05, 3.63) is 54.6 Å². The summed E-state index contributed by atoms with van der Waals surface area (Å²) >= 11 is 0. The maximum Gasteiger partial charge on any atom is 0.265 e. The largest absolute Gasteiger partial charge is 0.494 e. The highest BCUT2D eigenvalue weighted by molar-refractivity contribution is 7.92. The number of sulfone groups is 1. The molecule has 0 atom stereocenters. The van der Waals surface area contributed by atoms with E-state index in [2.05, 4.69) is 14.9 Å². The van der Waals surface area contributed by atoms with Crippen molar-refractivity contribution in [2.45, 2.75) is 23.8 Å². The van der Waals surface area contributed by atoms with Gasteiger partial charge in [-0.1, -0.05) is 12.1 Å². The maximum atomic E-state index is 13.0. The molecule has 32 heavy (non-hydrogen) atoms. The van der Waals surface area contributed by atoms with Crippen LogP contribution in [0.1, 0.15) is 13.8 Å². The Balaban J connectivity index is 1.85. The van der Waals surface area contributed by atoms with Crippen molar-refractivity contribution < 1.29 is 26.3 Å². The first-order valence-corrected chi connectivity index (χ1v) is 13.1. The molecule has 11 heteroatoms. The molecule has 1 heterocycles. The van der Waals surface area contributed by atoms with Gasteiger partial charge in [-0.2, -0.15) is 0 Å². The van der Waals surface area contributed by atoms with Crippen LogP contribution in [0.4, 0.5) is 5.69 Å². The summed E-state index contributed by atoms with van der Waals surface area (Å²) < 4.78 is 62.5. The van der Waals surface area contributed by atoms with Crippen molar-refractivity contribution in [3.63, 3.8) is 0 Å². The molecule has 170 valence electrons. The van der Waals surface area contributed by atoms with Crippen LogP contribution >= 0.6 is 0 Å². The molecule has 0 fully saturated rings. The van der Waals surface area contributed by atoms with Crippen LogP contribution < -0.4 is 14.2 Å². The molecule has 0 saturated heterocycles. The quantitative estimate of drug-likeness (QED) is 0.498. The SMILES string of the molecule is CCOc1ccc(OCC)c(S(=O)(=O)Nc2ccc(-c3ccc(S(C)(=O)=O)nn3)cc2)c1. The number of rotatable bonds is 9. The van der Waals surface area contributed by atoms with Crippen LogP contribution in [0.25, 0.3) is 11.3 Å². The van der Waals surface area contributed by atoms with Crippen LogP contribution in [-0.2, 0) is 19.9 Å². The normalized spacial score (nSPS) is 11.7. The molecule has 0 aliphatic carbocycles. The molecule has 1 N–H and O–H groups in total. The molecule has 1 aromatic heterocycles. The summed E-state index contributed by atoms with van der Waals surface area (Å²) in [7, 11) is -7.40. The predicted octanol–water partition coefficient (Wildman–Crippen LogP) is 3.15. The molecule has 3 aromatic rings. The van der Waals surface area contributed by atoms with Gasteiger partial charge in [0.15, 0.2) is 14.9 Å². The summed E-state index contributed by atoms with van der Waals surface area (Å²) in [5.41, 5.74) is 1.43. The highest BCUT2D eigenvalue weighted by atomic mass is 32.2. The van der Waals surface area contributed by atoms with Crippen LogP contribution in [0.15, 0.2) is 64.5 Å². The van der Waals surface area contributed by atoms with Crippen molar-refractivity contribution in [2.75, 3.05) is 24.2 Å². The summed E-state index contributed by atoms with van der Waals surface area (Å²) in [4.78, 5) is -0.0309. The minimum atomic E-state index is -3.96. The van der Waals surface area contributed by atoms with E-state index in [9.17, 15) is 16.8 Å². The molecule has 3 rings (SSSR count). The molecular weight excluding hydrogens is 454 g/mol. The van der Waals surface area contributed by atoms with Crippen molar-refractivity contribution in [1.82, 2.24) is 10.2 Å². The molecule has 0 spiro atoms. The van der Waals surface area contributed by atoms with Crippen molar-refractivity contribution in [2.24, 2.45) is 0 Å². The number of hydrogen-bond acceptors (Lipinski definition) is 8. The first-order valence-electron chi connectivity index (χ1n) is 9.70. The first-order chi connectivity index (χ1) is 15.1. The lowest BCUT2D eigenvalue weighted by atomic mass is 10.1. The van der Waals surface area contributed by atoms with Crippen molar-refractivity contribution >= 4 is 25.5 Å². The van der Waals surface area contributed by atoms with Gasteiger partial charge in [-0.3, -0.25) is 4.72 Å². The highest BCUT2D eigenvalue weighted by Gasteiger charge is 2.21. The number of hydrogen-bond donors (Lipinski definition) is 1. The number of nitrogens with zero attached hydrogens (tertiary/aromatic N) is 2. The Labute approximate surface area is 187 Å². The molecule has 0 amide bonds. The Morgan fingerprint density at radius 2 is 1.53 bits per heavy atom. The van der Waals surface area contributed by atoms with E-state index in [1.165, 1.54) is 18.2 Å². The summed E-state index contributed by atoms with van der Waals surface area (Å²) in [6.45, 7) is 4.29.